The van der Waals surface area contributed by atoms with Crippen LogP contribution in [0.5, 0.6) is 0 Å². The van der Waals surface area contributed by atoms with Crippen LogP contribution >= 0.6 is 15.9 Å². The van der Waals surface area contributed by atoms with Crippen LogP contribution in [0, 0.1) is 0 Å². The molecule has 0 bridgehead atoms. The minimum Gasteiger partial charge on any atom is -0.478 e. The van der Waals surface area contributed by atoms with E-state index >= 15 is 0 Å². The zero-order chi connectivity index (χ0) is 6.85. The van der Waals surface area contributed by atoms with E-state index in [0.29, 0.717) is 4.60 Å². The number of nitrogens with one attached hydrogen (secondary N) is 1. The van der Waals surface area contributed by atoms with Crippen molar-refractivity contribution in [3.8, 4) is 0 Å². The summed E-state index contributed by atoms with van der Waals surface area (Å²) in [6.07, 6.45) is 1.24. The van der Waals surface area contributed by atoms with Crippen LogP contribution in [-0.2, 0) is 0 Å². The lowest BCUT2D eigenvalue weighted by Gasteiger charge is -1.83. The van der Waals surface area contributed by atoms with Gasteiger partial charge in [0.1, 0.15) is 10.2 Å². The number of halogens is 1. The monoisotopic (exact) mass is 190 g/mol. The Balaban J connectivity index is 3.08. The lowest BCUT2D eigenvalue weighted by molar-refractivity contribution is 0.0696. The van der Waals surface area contributed by atoms with Gasteiger partial charge in [-0.3, -0.25) is 5.10 Å². The Hall–Kier alpha value is -0.840. The van der Waals surface area contributed by atoms with E-state index < -0.39 is 5.97 Å². The highest BCUT2D eigenvalue weighted by molar-refractivity contribution is 9.10. The van der Waals surface area contributed by atoms with Gasteiger partial charge in [0.2, 0.25) is 0 Å². The van der Waals surface area contributed by atoms with Gasteiger partial charge in [-0.05, 0) is 15.9 Å². The van der Waals surface area contributed by atoms with E-state index in [-0.39, 0.29) is 5.56 Å². The second kappa shape index (κ2) is 2.18. The fourth-order valence-electron chi connectivity index (χ4n) is 0.419. The average Bonchev–Trinajstić information content (AvgIpc) is 2.13. The molecule has 0 aliphatic heterocycles. The maximum Gasteiger partial charge on any atom is 0.340 e. The van der Waals surface area contributed by atoms with Crippen molar-refractivity contribution >= 4 is 21.9 Å². The smallest absolute Gasteiger partial charge is 0.340 e. The number of aromatic carboxylic acids is 1. The summed E-state index contributed by atoms with van der Waals surface area (Å²) in [6, 6.07) is 0. The van der Waals surface area contributed by atoms with Crippen molar-refractivity contribution in [2.75, 3.05) is 0 Å². The molecule has 1 rings (SSSR count). The zero-order valence-electron chi connectivity index (χ0n) is 4.26. The van der Waals surface area contributed by atoms with Gasteiger partial charge in [-0.2, -0.15) is 5.10 Å². The largest absolute Gasteiger partial charge is 0.478 e. The Labute approximate surface area is 59.0 Å². The van der Waals surface area contributed by atoms with Crippen LogP contribution in [0.4, 0.5) is 0 Å². The molecule has 48 valence electrons. The zero-order valence-corrected chi connectivity index (χ0v) is 5.84. The Bertz CT molecular complexity index is 232. The summed E-state index contributed by atoms with van der Waals surface area (Å²) in [6.45, 7) is 0. The molecule has 0 saturated heterocycles. The van der Waals surface area contributed by atoms with Crippen molar-refractivity contribution in [2.24, 2.45) is 0 Å². The summed E-state index contributed by atoms with van der Waals surface area (Å²) >= 11 is 2.97. The number of carbonyl (C=O) groups is 1. The van der Waals surface area contributed by atoms with Crippen LogP contribution in [0.25, 0.3) is 0 Å². The Morgan fingerprint density at radius 1 is 1.89 bits per heavy atom. The van der Waals surface area contributed by atoms with Gasteiger partial charge in [0, 0.05) is 0 Å². The summed E-state index contributed by atoms with van der Waals surface area (Å²) in [5.41, 5.74) is 0.148. The van der Waals surface area contributed by atoms with Crippen LogP contribution < -0.4 is 0 Å². The molecule has 0 atom stereocenters. The van der Waals surface area contributed by atoms with Crippen molar-refractivity contribution in [3.63, 3.8) is 0 Å². The number of hydrogen-bond donors (Lipinski definition) is 2. The lowest BCUT2D eigenvalue weighted by Crippen LogP contribution is -1.93. The number of nitrogens with zero attached hydrogens (tertiary/aromatic N) is 1. The second-order valence-electron chi connectivity index (χ2n) is 1.40. The standard InChI is InChI=1S/C4H3BrN2O2/c5-3-2(4(8)9)1-6-7-3/h1H,(H,6,7)(H,8,9). The molecule has 1 aromatic rings. The first-order valence-electron chi connectivity index (χ1n) is 2.14. The first-order chi connectivity index (χ1) is 4.22. The molecule has 0 aromatic carbocycles. The average molecular weight is 191 g/mol. The van der Waals surface area contributed by atoms with Gasteiger partial charge in [-0.25, -0.2) is 4.79 Å². The quantitative estimate of drug-likeness (QED) is 0.691. The second-order valence-corrected chi connectivity index (χ2v) is 2.20. The first kappa shape index (κ1) is 6.28. The van der Waals surface area contributed by atoms with E-state index in [0.717, 1.165) is 0 Å². The Morgan fingerprint density at radius 2 is 2.56 bits per heavy atom. The minimum atomic E-state index is -0.990. The van der Waals surface area contributed by atoms with Crippen molar-refractivity contribution in [2.45, 2.75) is 0 Å². The number of H-pyrrole nitrogens is 1. The summed E-state index contributed by atoms with van der Waals surface area (Å²) < 4.78 is 0.398. The molecule has 1 heterocycles. The van der Waals surface area contributed by atoms with E-state index in [4.69, 9.17) is 5.11 Å². The third-order valence-electron chi connectivity index (χ3n) is 0.823. The van der Waals surface area contributed by atoms with E-state index in [1.54, 1.807) is 0 Å². The third-order valence-corrected chi connectivity index (χ3v) is 1.43. The molecular formula is C4H3BrN2O2. The molecule has 0 radical (unpaired) electrons. The van der Waals surface area contributed by atoms with Gasteiger partial charge in [0.15, 0.2) is 0 Å². The molecule has 2 N–H and O–H groups in total. The molecule has 9 heavy (non-hydrogen) atoms. The minimum absolute atomic E-state index is 0.148. The number of carboxylic acids is 1. The molecule has 0 aliphatic rings. The van der Waals surface area contributed by atoms with Gasteiger partial charge < -0.3 is 5.11 Å². The highest BCUT2D eigenvalue weighted by Crippen LogP contribution is 2.10. The molecule has 5 heteroatoms. The summed E-state index contributed by atoms with van der Waals surface area (Å²) in [5, 5.41) is 14.3. The highest BCUT2D eigenvalue weighted by atomic mass is 79.9. The van der Waals surface area contributed by atoms with Gasteiger partial charge in [-0.1, -0.05) is 0 Å². The molecule has 0 saturated carbocycles. The number of hydrogen-bond acceptors (Lipinski definition) is 2. The van der Waals surface area contributed by atoms with Gasteiger partial charge in [0.05, 0.1) is 6.20 Å². The van der Waals surface area contributed by atoms with E-state index in [9.17, 15) is 4.79 Å². The summed E-state index contributed by atoms with van der Waals surface area (Å²) in [7, 11) is 0. The van der Waals surface area contributed by atoms with Gasteiger partial charge in [-0.15, -0.1) is 0 Å². The third kappa shape index (κ3) is 1.10. The molecule has 0 fully saturated rings. The lowest BCUT2D eigenvalue weighted by atomic mass is 10.4. The summed E-state index contributed by atoms with van der Waals surface area (Å²) in [5.74, 6) is -0.990. The first-order valence-corrected chi connectivity index (χ1v) is 2.93. The SMILES string of the molecule is O=C(O)c1cn[nH]c1Br. The number of aromatic amines is 1. The molecule has 1 aromatic heterocycles. The number of aromatic nitrogens is 2. The predicted octanol–water partition coefficient (Wildman–Crippen LogP) is 0.870. The van der Waals surface area contributed by atoms with Crippen LogP contribution in [0.1, 0.15) is 10.4 Å². The Morgan fingerprint density at radius 3 is 2.78 bits per heavy atom. The molecule has 0 aliphatic carbocycles. The fraction of sp³-hybridized carbons (Fsp3) is 0. The predicted molar refractivity (Wildman–Crippen MR) is 33.2 cm³/mol. The number of rotatable bonds is 1. The maximum atomic E-state index is 10.2. The Kier molecular flexibility index (Phi) is 1.52. The van der Waals surface area contributed by atoms with Crippen LogP contribution in [0.3, 0.4) is 0 Å². The topological polar surface area (TPSA) is 66.0 Å². The van der Waals surface area contributed by atoms with Crippen molar-refractivity contribution in [3.05, 3.63) is 16.4 Å². The van der Waals surface area contributed by atoms with Crippen molar-refractivity contribution < 1.29 is 9.90 Å². The van der Waals surface area contributed by atoms with Crippen LogP contribution in [-0.4, -0.2) is 21.3 Å². The van der Waals surface area contributed by atoms with E-state index in [2.05, 4.69) is 26.1 Å². The van der Waals surface area contributed by atoms with Gasteiger partial charge >= 0.3 is 5.97 Å². The maximum absolute atomic E-state index is 10.2. The normalized spacial score (nSPS) is 9.44. The molecule has 0 spiro atoms. The molecular weight excluding hydrogens is 188 g/mol. The molecule has 0 unspecified atom stereocenters. The highest BCUT2D eigenvalue weighted by Gasteiger charge is 2.07. The van der Waals surface area contributed by atoms with Crippen molar-refractivity contribution in [1.29, 1.82) is 0 Å². The van der Waals surface area contributed by atoms with Crippen LogP contribution in [0.15, 0.2) is 10.8 Å². The molecule has 0 amide bonds. The molecule has 4 nitrogen and oxygen atoms in total. The van der Waals surface area contributed by atoms with E-state index in [1.165, 1.54) is 6.20 Å². The van der Waals surface area contributed by atoms with Gasteiger partial charge in [0.25, 0.3) is 0 Å². The van der Waals surface area contributed by atoms with Crippen molar-refractivity contribution in [1.82, 2.24) is 10.2 Å². The van der Waals surface area contributed by atoms with Crippen LogP contribution in [0.2, 0.25) is 0 Å². The summed E-state index contributed by atoms with van der Waals surface area (Å²) in [4.78, 5) is 10.2. The number of carboxylic acid groups (broad SMARTS) is 1. The fourth-order valence-corrected chi connectivity index (χ4v) is 0.794. The van der Waals surface area contributed by atoms with E-state index in [1.807, 2.05) is 0 Å².